The van der Waals surface area contributed by atoms with E-state index in [-0.39, 0.29) is 30.2 Å². The minimum Gasteiger partial charge on any atom is -0.333 e. The number of piperidine rings is 1. The van der Waals surface area contributed by atoms with Crippen LogP contribution in [0.1, 0.15) is 20.8 Å². The highest BCUT2D eigenvalue weighted by Crippen LogP contribution is 2.30. The summed E-state index contributed by atoms with van der Waals surface area (Å²) in [6, 6.07) is 0. The van der Waals surface area contributed by atoms with E-state index in [4.69, 9.17) is 0 Å². The molecule has 0 aromatic heterocycles. The highest BCUT2D eigenvalue weighted by molar-refractivity contribution is 5.79. The van der Waals surface area contributed by atoms with Crippen LogP contribution in [0.2, 0.25) is 0 Å². The molecule has 1 rings (SSSR count). The first-order valence-electron chi connectivity index (χ1n) is 5.08. The molecule has 1 aliphatic rings. The van der Waals surface area contributed by atoms with Gasteiger partial charge in [-0.25, -0.2) is 0 Å². The van der Waals surface area contributed by atoms with E-state index in [1.807, 2.05) is 13.8 Å². The van der Waals surface area contributed by atoms with E-state index in [0.717, 1.165) is 4.90 Å². The van der Waals surface area contributed by atoms with Gasteiger partial charge >= 0.3 is 6.18 Å². The van der Waals surface area contributed by atoms with Crippen LogP contribution in [-0.4, -0.2) is 30.1 Å². The summed E-state index contributed by atoms with van der Waals surface area (Å²) in [4.78, 5) is 12.5. The molecule has 0 bridgehead atoms. The Kier molecular flexibility index (Phi) is 3.31. The smallest absolute Gasteiger partial charge is 0.333 e. The fourth-order valence-corrected chi connectivity index (χ4v) is 1.97. The Hall–Kier alpha value is -0.740. The van der Waals surface area contributed by atoms with Crippen molar-refractivity contribution in [3.63, 3.8) is 0 Å². The molecule has 2 nitrogen and oxygen atoms in total. The van der Waals surface area contributed by atoms with E-state index in [9.17, 15) is 18.0 Å². The number of halogens is 3. The Morgan fingerprint density at radius 3 is 2.33 bits per heavy atom. The van der Waals surface area contributed by atoms with Gasteiger partial charge in [-0.3, -0.25) is 4.79 Å². The Bertz CT molecular complexity index is 252. The Labute approximate surface area is 87.4 Å². The Morgan fingerprint density at radius 2 is 1.87 bits per heavy atom. The monoisotopic (exact) mass is 223 g/mol. The van der Waals surface area contributed by atoms with Crippen molar-refractivity contribution < 1.29 is 18.0 Å². The zero-order chi connectivity index (χ0) is 11.8. The van der Waals surface area contributed by atoms with Gasteiger partial charge in [0.25, 0.3) is 0 Å². The van der Waals surface area contributed by atoms with Gasteiger partial charge in [-0.2, -0.15) is 13.2 Å². The van der Waals surface area contributed by atoms with Crippen LogP contribution in [0, 0.1) is 17.8 Å². The number of hydrogen-bond donors (Lipinski definition) is 0. The van der Waals surface area contributed by atoms with E-state index in [1.54, 1.807) is 6.92 Å². The molecule has 1 heterocycles. The molecule has 88 valence electrons. The van der Waals surface area contributed by atoms with Crippen molar-refractivity contribution >= 4 is 5.91 Å². The zero-order valence-corrected chi connectivity index (χ0v) is 9.14. The molecule has 3 atom stereocenters. The van der Waals surface area contributed by atoms with E-state index >= 15 is 0 Å². The molecule has 0 N–H and O–H groups in total. The fraction of sp³-hybridized carbons (Fsp3) is 0.900. The van der Waals surface area contributed by atoms with Crippen molar-refractivity contribution in [3.05, 3.63) is 0 Å². The summed E-state index contributed by atoms with van der Waals surface area (Å²) in [5.74, 6) is -0.406. The van der Waals surface area contributed by atoms with E-state index in [1.165, 1.54) is 0 Å². The number of carbonyl (C=O) groups is 1. The molecule has 5 heteroatoms. The topological polar surface area (TPSA) is 20.3 Å². The van der Waals surface area contributed by atoms with E-state index in [0.29, 0.717) is 0 Å². The average molecular weight is 223 g/mol. The van der Waals surface area contributed by atoms with Gasteiger partial charge in [0.1, 0.15) is 6.54 Å². The lowest BCUT2D eigenvalue weighted by Crippen LogP contribution is -2.51. The van der Waals surface area contributed by atoms with Crippen molar-refractivity contribution in [2.45, 2.75) is 26.9 Å². The number of hydrogen-bond acceptors (Lipinski definition) is 1. The summed E-state index contributed by atoms with van der Waals surface area (Å²) < 4.78 is 36.5. The molecule has 1 aliphatic heterocycles. The second kappa shape index (κ2) is 4.02. The minimum absolute atomic E-state index is 0.125. The number of nitrogens with zero attached hydrogens (tertiary/aromatic N) is 1. The molecular weight excluding hydrogens is 207 g/mol. The van der Waals surface area contributed by atoms with Crippen LogP contribution < -0.4 is 0 Å². The number of alkyl halides is 3. The van der Waals surface area contributed by atoms with Crippen LogP contribution in [0.15, 0.2) is 0 Å². The second-order valence-corrected chi connectivity index (χ2v) is 4.46. The number of amides is 1. The third-order valence-electron chi connectivity index (χ3n) is 3.27. The largest absolute Gasteiger partial charge is 0.406 e. The highest BCUT2D eigenvalue weighted by atomic mass is 19.4. The number of likely N-dealkylation sites (tertiary alicyclic amines) is 1. The molecule has 0 aromatic carbocycles. The lowest BCUT2D eigenvalue weighted by molar-refractivity contribution is -0.170. The summed E-state index contributed by atoms with van der Waals surface area (Å²) in [7, 11) is 0. The van der Waals surface area contributed by atoms with Gasteiger partial charge < -0.3 is 4.90 Å². The molecule has 0 aromatic rings. The molecule has 0 radical (unpaired) electrons. The van der Waals surface area contributed by atoms with Crippen LogP contribution in [-0.2, 0) is 4.79 Å². The van der Waals surface area contributed by atoms with Crippen LogP contribution in [0.25, 0.3) is 0 Å². The molecule has 2 unspecified atom stereocenters. The van der Waals surface area contributed by atoms with Crippen LogP contribution >= 0.6 is 0 Å². The molecular formula is C10H16F3NO. The third-order valence-corrected chi connectivity index (χ3v) is 3.27. The predicted octanol–water partition coefficient (Wildman–Crippen LogP) is 2.30. The van der Waals surface area contributed by atoms with Crippen molar-refractivity contribution in [1.29, 1.82) is 0 Å². The van der Waals surface area contributed by atoms with Crippen molar-refractivity contribution in [2.75, 3.05) is 13.1 Å². The van der Waals surface area contributed by atoms with Gasteiger partial charge in [-0.05, 0) is 11.8 Å². The Balaban J connectivity index is 2.71. The molecule has 1 saturated heterocycles. The highest BCUT2D eigenvalue weighted by Gasteiger charge is 2.40. The first-order chi connectivity index (χ1) is 6.72. The zero-order valence-electron chi connectivity index (χ0n) is 9.14. The third kappa shape index (κ3) is 2.86. The van der Waals surface area contributed by atoms with Gasteiger partial charge in [-0.1, -0.05) is 20.8 Å². The minimum atomic E-state index is -4.30. The van der Waals surface area contributed by atoms with Crippen molar-refractivity contribution in [1.82, 2.24) is 4.90 Å². The summed E-state index contributed by atoms with van der Waals surface area (Å²) in [5, 5.41) is 0. The van der Waals surface area contributed by atoms with Gasteiger partial charge in [0.15, 0.2) is 0 Å². The summed E-state index contributed by atoms with van der Waals surface area (Å²) in [6.07, 6.45) is -4.30. The molecule has 1 fully saturated rings. The molecule has 0 saturated carbocycles. The first-order valence-corrected chi connectivity index (χ1v) is 5.08. The molecule has 15 heavy (non-hydrogen) atoms. The van der Waals surface area contributed by atoms with Crippen molar-refractivity contribution in [2.24, 2.45) is 17.8 Å². The summed E-state index contributed by atoms with van der Waals surface area (Å²) >= 11 is 0. The maximum absolute atomic E-state index is 12.2. The maximum atomic E-state index is 12.2. The predicted molar refractivity (Wildman–Crippen MR) is 50.1 cm³/mol. The lowest BCUT2D eigenvalue weighted by Gasteiger charge is -2.39. The standard InChI is InChI=1S/C10H16F3NO/c1-6-4-14(5-10(11,12)13)9(15)8(3)7(6)2/h6-8H,4-5H2,1-3H3/t6-,7?,8?/m0/s1. The van der Waals surface area contributed by atoms with Crippen LogP contribution in [0.4, 0.5) is 13.2 Å². The van der Waals surface area contributed by atoms with Gasteiger partial charge in [0, 0.05) is 12.5 Å². The summed E-state index contributed by atoms with van der Waals surface area (Å²) in [5.41, 5.74) is 0. The maximum Gasteiger partial charge on any atom is 0.406 e. The second-order valence-electron chi connectivity index (χ2n) is 4.46. The normalized spacial score (nSPS) is 33.3. The van der Waals surface area contributed by atoms with Gasteiger partial charge in [0.05, 0.1) is 0 Å². The SMILES string of the molecule is CC1C(=O)N(CC(F)(F)F)C[C@H](C)C1C. The van der Waals surface area contributed by atoms with Gasteiger partial charge in [-0.15, -0.1) is 0 Å². The van der Waals surface area contributed by atoms with Gasteiger partial charge in [0.2, 0.25) is 5.91 Å². The van der Waals surface area contributed by atoms with E-state index < -0.39 is 12.7 Å². The number of rotatable bonds is 1. The summed E-state index contributed by atoms with van der Waals surface area (Å²) in [6.45, 7) is 4.60. The van der Waals surface area contributed by atoms with Crippen LogP contribution in [0.3, 0.4) is 0 Å². The number of carbonyl (C=O) groups excluding carboxylic acids is 1. The molecule has 1 amide bonds. The van der Waals surface area contributed by atoms with Crippen LogP contribution in [0.5, 0.6) is 0 Å². The Morgan fingerprint density at radius 1 is 1.33 bits per heavy atom. The quantitative estimate of drug-likeness (QED) is 0.668. The lowest BCUT2D eigenvalue weighted by atomic mass is 9.80. The first kappa shape index (κ1) is 12.3. The fourth-order valence-electron chi connectivity index (χ4n) is 1.97. The molecule has 0 aliphatic carbocycles. The van der Waals surface area contributed by atoms with E-state index in [2.05, 4.69) is 0 Å². The average Bonchev–Trinajstić information content (AvgIpc) is 2.08. The van der Waals surface area contributed by atoms with Crippen molar-refractivity contribution in [3.8, 4) is 0 Å². The molecule has 0 spiro atoms.